The number of thiocarbonyl (C=S) groups is 1. The van der Waals surface area contributed by atoms with E-state index in [1.54, 1.807) is 6.07 Å². The van der Waals surface area contributed by atoms with E-state index >= 15 is 0 Å². The zero-order valence-corrected chi connectivity index (χ0v) is 12.7. The normalized spacial score (nSPS) is 26.8. The summed E-state index contributed by atoms with van der Waals surface area (Å²) in [6.07, 6.45) is 0.455. The first kappa shape index (κ1) is 15.4. The molecule has 2 saturated carbocycles. The van der Waals surface area contributed by atoms with Gasteiger partial charge in [-0.1, -0.05) is 18.6 Å². The number of hydrogen-bond donors (Lipinski definition) is 3. The van der Waals surface area contributed by atoms with Gasteiger partial charge in [0.2, 0.25) is 0 Å². The van der Waals surface area contributed by atoms with E-state index in [-0.39, 0.29) is 5.69 Å². The number of rotatable bonds is 3. The highest BCUT2D eigenvalue weighted by molar-refractivity contribution is 7.80. The molecular formula is C15H18F3N3S. The van der Waals surface area contributed by atoms with Crippen LogP contribution in [-0.2, 0) is 6.18 Å². The summed E-state index contributed by atoms with van der Waals surface area (Å²) in [5.41, 5.74) is 4.48. The molecule has 120 valence electrons. The Balaban J connectivity index is 1.55. The Morgan fingerprint density at radius 2 is 1.91 bits per heavy atom. The number of halogens is 3. The Labute approximate surface area is 132 Å². The van der Waals surface area contributed by atoms with Crippen molar-refractivity contribution in [2.24, 2.45) is 11.8 Å². The maximum absolute atomic E-state index is 12.9. The molecule has 0 spiro atoms. The van der Waals surface area contributed by atoms with E-state index in [0.717, 1.165) is 18.4 Å². The third-order valence-corrected chi connectivity index (χ3v) is 4.82. The van der Waals surface area contributed by atoms with Crippen LogP contribution in [0.15, 0.2) is 24.3 Å². The molecular weight excluding hydrogens is 311 g/mol. The summed E-state index contributed by atoms with van der Waals surface area (Å²) in [4.78, 5) is 0. The summed E-state index contributed by atoms with van der Waals surface area (Å²) in [5.74, 6) is 1.43. The smallest absolute Gasteiger partial charge is 0.358 e. The van der Waals surface area contributed by atoms with Crippen molar-refractivity contribution >= 4 is 23.0 Å². The van der Waals surface area contributed by atoms with E-state index < -0.39 is 11.7 Å². The maximum Gasteiger partial charge on any atom is 0.418 e. The molecule has 3 atom stereocenters. The van der Waals surface area contributed by atoms with Crippen LogP contribution in [0.5, 0.6) is 0 Å². The molecule has 7 heteroatoms. The molecule has 2 aliphatic carbocycles. The molecule has 22 heavy (non-hydrogen) atoms. The predicted molar refractivity (Wildman–Crippen MR) is 83.2 cm³/mol. The minimum absolute atomic E-state index is 0.0351. The first-order valence-corrected chi connectivity index (χ1v) is 7.83. The van der Waals surface area contributed by atoms with E-state index in [1.807, 2.05) is 0 Å². The molecule has 0 radical (unpaired) electrons. The number of anilines is 1. The largest absolute Gasteiger partial charge is 0.418 e. The van der Waals surface area contributed by atoms with Crippen LogP contribution in [0.25, 0.3) is 0 Å². The zero-order valence-electron chi connectivity index (χ0n) is 11.9. The van der Waals surface area contributed by atoms with E-state index in [4.69, 9.17) is 12.2 Å². The molecule has 2 fully saturated rings. The fourth-order valence-electron chi connectivity index (χ4n) is 3.59. The molecule has 0 unspecified atom stereocenters. The van der Waals surface area contributed by atoms with Crippen LogP contribution < -0.4 is 16.2 Å². The highest BCUT2D eigenvalue weighted by Gasteiger charge is 2.39. The number of alkyl halides is 3. The number of hydrazine groups is 1. The highest BCUT2D eigenvalue weighted by Crippen LogP contribution is 2.44. The average molecular weight is 329 g/mol. The molecule has 1 aromatic carbocycles. The zero-order chi connectivity index (χ0) is 15.7. The van der Waals surface area contributed by atoms with E-state index in [2.05, 4.69) is 16.2 Å². The summed E-state index contributed by atoms with van der Waals surface area (Å²) in [6.45, 7) is 0. The third kappa shape index (κ3) is 3.29. The number of fused-ring (bicyclic) bond motifs is 2. The van der Waals surface area contributed by atoms with Gasteiger partial charge in [0.1, 0.15) is 0 Å². The molecule has 1 aromatic rings. The molecule has 2 aliphatic rings. The van der Waals surface area contributed by atoms with Crippen molar-refractivity contribution in [3.63, 3.8) is 0 Å². The standard InChI is InChI=1S/C15H18F3N3S/c16-15(17,18)11-3-1-2-4-12(11)20-21-14(22)19-13-8-9-5-6-10(13)7-9/h1-4,9-10,13,20H,5-8H2,(H2,19,21,22)/t9-,10-,13+/m0/s1. The average Bonchev–Trinajstić information content (AvgIpc) is 3.07. The molecule has 0 amide bonds. The molecule has 3 rings (SSSR count). The lowest BCUT2D eigenvalue weighted by molar-refractivity contribution is -0.137. The summed E-state index contributed by atoms with van der Waals surface area (Å²) in [6, 6.07) is 5.66. The van der Waals surface area contributed by atoms with Crippen molar-refractivity contribution in [3.8, 4) is 0 Å². The van der Waals surface area contributed by atoms with Gasteiger partial charge in [0.15, 0.2) is 5.11 Å². The molecule has 0 heterocycles. The van der Waals surface area contributed by atoms with E-state index in [9.17, 15) is 13.2 Å². The van der Waals surface area contributed by atoms with Gasteiger partial charge in [0, 0.05) is 6.04 Å². The minimum atomic E-state index is -4.40. The lowest BCUT2D eigenvalue weighted by Gasteiger charge is -2.25. The number of hydrogen-bond acceptors (Lipinski definition) is 2. The Hall–Kier alpha value is -1.50. The molecule has 0 aliphatic heterocycles. The van der Waals surface area contributed by atoms with Crippen molar-refractivity contribution in [1.29, 1.82) is 0 Å². The summed E-state index contributed by atoms with van der Waals surface area (Å²) in [7, 11) is 0. The van der Waals surface area contributed by atoms with Gasteiger partial charge in [-0.15, -0.1) is 0 Å². The van der Waals surface area contributed by atoms with Crippen molar-refractivity contribution in [2.45, 2.75) is 37.9 Å². The van der Waals surface area contributed by atoms with Gasteiger partial charge in [-0.3, -0.25) is 10.9 Å². The van der Waals surface area contributed by atoms with Gasteiger partial charge in [-0.05, 0) is 55.4 Å². The number of nitrogens with one attached hydrogen (secondary N) is 3. The summed E-state index contributed by atoms with van der Waals surface area (Å²) >= 11 is 5.18. The van der Waals surface area contributed by atoms with Crippen molar-refractivity contribution in [2.75, 3.05) is 5.43 Å². The quantitative estimate of drug-likeness (QED) is 0.584. The molecule has 2 bridgehead atoms. The third-order valence-electron chi connectivity index (χ3n) is 4.60. The van der Waals surface area contributed by atoms with Crippen molar-refractivity contribution in [1.82, 2.24) is 10.7 Å². The highest BCUT2D eigenvalue weighted by atomic mass is 32.1. The molecule has 3 N–H and O–H groups in total. The predicted octanol–water partition coefficient (Wildman–Crippen LogP) is 3.69. The minimum Gasteiger partial charge on any atom is -0.358 e. The van der Waals surface area contributed by atoms with Crippen LogP contribution in [0.3, 0.4) is 0 Å². The van der Waals surface area contributed by atoms with Gasteiger partial charge in [0.05, 0.1) is 11.3 Å². The van der Waals surface area contributed by atoms with Gasteiger partial charge < -0.3 is 5.32 Å². The number of para-hydroxylation sites is 1. The van der Waals surface area contributed by atoms with Crippen LogP contribution in [0, 0.1) is 11.8 Å². The van der Waals surface area contributed by atoms with Crippen LogP contribution in [-0.4, -0.2) is 11.2 Å². The summed E-state index contributed by atoms with van der Waals surface area (Å²) in [5, 5.41) is 3.56. The molecule has 3 nitrogen and oxygen atoms in total. The second-order valence-electron chi connectivity index (χ2n) is 6.05. The summed E-state index contributed by atoms with van der Waals surface area (Å²) < 4.78 is 38.7. The number of benzene rings is 1. The maximum atomic E-state index is 12.9. The van der Waals surface area contributed by atoms with Gasteiger partial charge in [-0.25, -0.2) is 0 Å². The first-order chi connectivity index (χ1) is 10.4. The Kier molecular flexibility index (Phi) is 4.16. The first-order valence-electron chi connectivity index (χ1n) is 7.42. The fourth-order valence-corrected chi connectivity index (χ4v) is 3.79. The van der Waals surface area contributed by atoms with Crippen LogP contribution in [0.4, 0.5) is 18.9 Å². The second kappa shape index (κ2) is 5.95. The van der Waals surface area contributed by atoms with E-state index in [0.29, 0.717) is 17.1 Å². The fraction of sp³-hybridized carbons (Fsp3) is 0.533. The van der Waals surface area contributed by atoms with Crippen LogP contribution in [0.1, 0.15) is 31.2 Å². The van der Waals surface area contributed by atoms with Gasteiger partial charge >= 0.3 is 6.18 Å². The van der Waals surface area contributed by atoms with Crippen molar-refractivity contribution < 1.29 is 13.2 Å². The Morgan fingerprint density at radius 3 is 2.55 bits per heavy atom. The Bertz CT molecular complexity index is 561. The SMILES string of the molecule is FC(F)(F)c1ccccc1NNC(=S)N[C@@H]1C[C@H]2CC[C@H]1C2. The van der Waals surface area contributed by atoms with Gasteiger partial charge in [-0.2, -0.15) is 13.2 Å². The van der Waals surface area contributed by atoms with E-state index in [1.165, 1.54) is 31.4 Å². The lowest BCUT2D eigenvalue weighted by Crippen LogP contribution is -2.46. The Morgan fingerprint density at radius 1 is 1.14 bits per heavy atom. The molecule has 0 aromatic heterocycles. The lowest BCUT2D eigenvalue weighted by atomic mass is 9.96. The van der Waals surface area contributed by atoms with Crippen LogP contribution >= 0.6 is 12.2 Å². The second-order valence-corrected chi connectivity index (χ2v) is 6.46. The monoisotopic (exact) mass is 329 g/mol. The van der Waals surface area contributed by atoms with Crippen LogP contribution in [0.2, 0.25) is 0 Å². The topological polar surface area (TPSA) is 36.1 Å². The molecule has 0 saturated heterocycles. The van der Waals surface area contributed by atoms with Crippen molar-refractivity contribution in [3.05, 3.63) is 29.8 Å². The van der Waals surface area contributed by atoms with Gasteiger partial charge in [0.25, 0.3) is 0 Å².